The molecule has 0 nitrogen and oxygen atoms in total. The van der Waals surface area contributed by atoms with Gasteiger partial charge >= 0.3 is 0 Å². The predicted molar refractivity (Wildman–Crippen MR) is 64.0 cm³/mol. The van der Waals surface area contributed by atoms with Crippen LogP contribution in [-0.2, 0) is 0 Å². The van der Waals surface area contributed by atoms with Crippen molar-refractivity contribution >= 4 is 6.08 Å². The zero-order valence-corrected chi connectivity index (χ0v) is 8.61. The van der Waals surface area contributed by atoms with Gasteiger partial charge in [-0.1, -0.05) is 68.1 Å². The standard InChI is InChI=1S/C14H16/c1-3-8-13(4-2)11-12-14-9-6-5-7-10-14/h4-12H,2-3H2,1H3/b12-11+,13-8+. The summed E-state index contributed by atoms with van der Waals surface area (Å²) in [5.41, 5.74) is 2.40. The van der Waals surface area contributed by atoms with Gasteiger partial charge in [-0.3, -0.25) is 0 Å². The van der Waals surface area contributed by atoms with Gasteiger partial charge < -0.3 is 0 Å². The van der Waals surface area contributed by atoms with Gasteiger partial charge in [0.1, 0.15) is 0 Å². The fraction of sp³-hybridized carbons (Fsp3) is 0.143. The lowest BCUT2D eigenvalue weighted by atomic mass is 10.1. The topological polar surface area (TPSA) is 0 Å². The first-order valence-electron chi connectivity index (χ1n) is 4.92. The molecule has 72 valence electrons. The third kappa shape index (κ3) is 3.44. The Morgan fingerprint density at radius 1 is 1.29 bits per heavy atom. The van der Waals surface area contributed by atoms with E-state index in [0.29, 0.717) is 0 Å². The third-order valence-electron chi connectivity index (χ3n) is 1.94. The van der Waals surface area contributed by atoms with Crippen LogP contribution < -0.4 is 0 Å². The minimum atomic E-state index is 1.04. The molecule has 0 aliphatic heterocycles. The van der Waals surface area contributed by atoms with Crippen LogP contribution in [0.4, 0.5) is 0 Å². The molecule has 0 atom stereocenters. The Bertz CT molecular complexity index is 328. The van der Waals surface area contributed by atoms with Gasteiger partial charge in [0.05, 0.1) is 0 Å². The van der Waals surface area contributed by atoms with E-state index < -0.39 is 0 Å². The summed E-state index contributed by atoms with van der Waals surface area (Å²) in [7, 11) is 0. The average molecular weight is 184 g/mol. The number of hydrogen-bond acceptors (Lipinski definition) is 0. The van der Waals surface area contributed by atoms with Crippen molar-refractivity contribution in [2.45, 2.75) is 13.3 Å². The molecular weight excluding hydrogens is 168 g/mol. The van der Waals surface area contributed by atoms with Crippen LogP contribution in [0, 0.1) is 0 Å². The Balaban J connectivity index is 2.72. The van der Waals surface area contributed by atoms with Crippen molar-refractivity contribution in [1.29, 1.82) is 0 Å². The lowest BCUT2D eigenvalue weighted by Gasteiger charge is -1.93. The Hall–Kier alpha value is -1.56. The monoisotopic (exact) mass is 184 g/mol. The van der Waals surface area contributed by atoms with Crippen molar-refractivity contribution in [3.63, 3.8) is 0 Å². The zero-order valence-electron chi connectivity index (χ0n) is 8.61. The summed E-state index contributed by atoms with van der Waals surface area (Å²) in [6.07, 6.45) is 9.27. The average Bonchev–Trinajstić information content (AvgIpc) is 2.25. The van der Waals surface area contributed by atoms with Crippen LogP contribution in [0.2, 0.25) is 0 Å². The van der Waals surface area contributed by atoms with E-state index in [-0.39, 0.29) is 0 Å². The maximum absolute atomic E-state index is 3.77. The maximum atomic E-state index is 3.77. The molecule has 0 aromatic heterocycles. The molecule has 0 N–H and O–H groups in total. The highest BCUT2D eigenvalue weighted by Crippen LogP contribution is 2.06. The van der Waals surface area contributed by atoms with Gasteiger partial charge in [0.25, 0.3) is 0 Å². The summed E-state index contributed by atoms with van der Waals surface area (Å²) in [6.45, 7) is 5.90. The third-order valence-corrected chi connectivity index (χ3v) is 1.94. The van der Waals surface area contributed by atoms with Crippen molar-refractivity contribution in [3.05, 3.63) is 66.3 Å². The second kappa shape index (κ2) is 5.98. The Kier molecular flexibility index (Phi) is 4.49. The van der Waals surface area contributed by atoms with Crippen LogP contribution in [0.25, 0.3) is 6.08 Å². The predicted octanol–water partition coefficient (Wildman–Crippen LogP) is 4.22. The SMILES string of the molecule is C=CC(/C=C/c1ccccc1)=C\CC. The molecule has 0 saturated carbocycles. The minimum absolute atomic E-state index is 1.04. The molecule has 0 spiro atoms. The van der Waals surface area contributed by atoms with Crippen molar-refractivity contribution in [3.8, 4) is 0 Å². The number of allylic oxidation sites excluding steroid dienone is 4. The smallest absolute Gasteiger partial charge is 0.0256 e. The molecule has 1 aromatic carbocycles. The lowest BCUT2D eigenvalue weighted by molar-refractivity contribution is 1.21. The fourth-order valence-corrected chi connectivity index (χ4v) is 1.21. The summed E-state index contributed by atoms with van der Waals surface area (Å²) < 4.78 is 0. The van der Waals surface area contributed by atoms with Crippen LogP contribution >= 0.6 is 0 Å². The second-order valence-electron chi connectivity index (χ2n) is 3.06. The molecule has 0 radical (unpaired) electrons. The molecule has 0 unspecified atom stereocenters. The van der Waals surface area contributed by atoms with Gasteiger partial charge in [0.2, 0.25) is 0 Å². The Morgan fingerprint density at radius 3 is 2.57 bits per heavy atom. The number of benzene rings is 1. The molecule has 0 fully saturated rings. The molecule has 0 heterocycles. The molecule has 0 saturated heterocycles. The molecule has 0 bridgehead atoms. The summed E-state index contributed by atoms with van der Waals surface area (Å²) in [5, 5.41) is 0. The minimum Gasteiger partial charge on any atom is -0.0985 e. The van der Waals surface area contributed by atoms with E-state index in [4.69, 9.17) is 0 Å². The van der Waals surface area contributed by atoms with Crippen LogP contribution in [-0.4, -0.2) is 0 Å². The summed E-state index contributed by atoms with van der Waals surface area (Å²) in [5.74, 6) is 0. The van der Waals surface area contributed by atoms with E-state index in [9.17, 15) is 0 Å². The van der Waals surface area contributed by atoms with Crippen molar-refractivity contribution < 1.29 is 0 Å². The molecule has 0 aliphatic rings. The van der Waals surface area contributed by atoms with Gasteiger partial charge in [0.15, 0.2) is 0 Å². The van der Waals surface area contributed by atoms with E-state index in [1.807, 2.05) is 24.3 Å². The fourth-order valence-electron chi connectivity index (χ4n) is 1.21. The first-order chi connectivity index (χ1) is 6.86. The second-order valence-corrected chi connectivity index (χ2v) is 3.06. The van der Waals surface area contributed by atoms with Crippen molar-refractivity contribution in [2.75, 3.05) is 0 Å². The summed E-state index contributed by atoms with van der Waals surface area (Å²) >= 11 is 0. The maximum Gasteiger partial charge on any atom is -0.0256 e. The molecule has 14 heavy (non-hydrogen) atoms. The Labute approximate surface area is 86.3 Å². The van der Waals surface area contributed by atoms with E-state index in [0.717, 1.165) is 6.42 Å². The normalized spacial score (nSPS) is 11.9. The molecule has 1 rings (SSSR count). The van der Waals surface area contributed by atoms with Gasteiger partial charge in [-0.05, 0) is 17.6 Å². The van der Waals surface area contributed by atoms with E-state index >= 15 is 0 Å². The van der Waals surface area contributed by atoms with Crippen molar-refractivity contribution in [1.82, 2.24) is 0 Å². The Morgan fingerprint density at radius 2 is 2.00 bits per heavy atom. The van der Waals surface area contributed by atoms with Crippen LogP contribution in [0.15, 0.2) is 60.7 Å². The molecular formula is C14H16. The highest BCUT2D eigenvalue weighted by atomic mass is 13.9. The number of rotatable bonds is 4. The highest BCUT2D eigenvalue weighted by molar-refractivity contribution is 5.54. The van der Waals surface area contributed by atoms with Crippen LogP contribution in [0.1, 0.15) is 18.9 Å². The van der Waals surface area contributed by atoms with Gasteiger partial charge in [-0.25, -0.2) is 0 Å². The number of hydrogen-bond donors (Lipinski definition) is 0. The first kappa shape index (κ1) is 10.5. The van der Waals surface area contributed by atoms with Crippen LogP contribution in [0.3, 0.4) is 0 Å². The van der Waals surface area contributed by atoms with Crippen LogP contribution in [0.5, 0.6) is 0 Å². The van der Waals surface area contributed by atoms with Crippen molar-refractivity contribution in [2.24, 2.45) is 0 Å². The quantitative estimate of drug-likeness (QED) is 0.614. The molecule has 0 heteroatoms. The molecule has 0 amide bonds. The van der Waals surface area contributed by atoms with Gasteiger partial charge in [-0.15, -0.1) is 0 Å². The lowest BCUT2D eigenvalue weighted by Crippen LogP contribution is -1.72. The summed E-state index contributed by atoms with van der Waals surface area (Å²) in [6, 6.07) is 10.3. The van der Waals surface area contributed by atoms with Gasteiger partial charge in [0, 0.05) is 0 Å². The highest BCUT2D eigenvalue weighted by Gasteiger charge is 1.84. The van der Waals surface area contributed by atoms with E-state index in [1.54, 1.807) is 0 Å². The van der Waals surface area contributed by atoms with E-state index in [2.05, 4.69) is 43.9 Å². The molecule has 1 aromatic rings. The zero-order chi connectivity index (χ0) is 10.2. The van der Waals surface area contributed by atoms with Gasteiger partial charge in [-0.2, -0.15) is 0 Å². The summed E-state index contributed by atoms with van der Waals surface area (Å²) in [4.78, 5) is 0. The molecule has 0 aliphatic carbocycles. The largest absolute Gasteiger partial charge is 0.0985 e. The van der Waals surface area contributed by atoms with E-state index in [1.165, 1.54) is 11.1 Å². The first-order valence-corrected chi connectivity index (χ1v) is 4.92.